The molecule has 1 saturated carbocycles. The second-order valence-corrected chi connectivity index (χ2v) is 9.26. The normalized spacial score (nSPS) is 23.3. The van der Waals surface area contributed by atoms with Crippen molar-refractivity contribution in [1.29, 1.82) is 0 Å². The fraction of sp³-hybridized carbons (Fsp3) is 0.296. The third-order valence-electron chi connectivity index (χ3n) is 6.69. The standard InChI is InChI=1S/C27H24F3N3O5/c1-13(37-20-9-10-31-25-17(20)6-8-21(35)32-25)3-7-19-14(2)22-23(24(22)38-19)33-26(36)15-4-5-16(12-34)18(11-15)27(28,29)30/h3-5,7,9-11,22-24,34H,2,6,8,12H2,1H3,(H,33,36)(H,31,32,35)/b13-3+,19-7+/t22-,23-,24-/m0/s1. The Morgan fingerprint density at radius 3 is 2.82 bits per heavy atom. The largest absolute Gasteiger partial charge is 0.487 e. The van der Waals surface area contributed by atoms with Crippen molar-refractivity contribution in [1.82, 2.24) is 10.3 Å². The fourth-order valence-electron chi connectivity index (χ4n) is 4.66. The Morgan fingerprint density at radius 1 is 1.34 bits per heavy atom. The molecule has 0 spiro atoms. The van der Waals surface area contributed by atoms with Gasteiger partial charge in [-0.3, -0.25) is 9.59 Å². The van der Waals surface area contributed by atoms with Crippen molar-refractivity contribution in [3.05, 3.63) is 88.5 Å². The zero-order valence-corrected chi connectivity index (χ0v) is 20.3. The first-order valence-corrected chi connectivity index (χ1v) is 11.9. The van der Waals surface area contributed by atoms with Gasteiger partial charge in [0.25, 0.3) is 5.91 Å². The molecule has 3 N–H and O–H groups in total. The number of aromatic nitrogens is 1. The maximum Gasteiger partial charge on any atom is 0.416 e. The Bertz CT molecular complexity index is 1400. The Morgan fingerprint density at radius 2 is 2.13 bits per heavy atom. The van der Waals surface area contributed by atoms with E-state index in [0.717, 1.165) is 17.7 Å². The van der Waals surface area contributed by atoms with Crippen LogP contribution in [-0.4, -0.2) is 34.1 Å². The number of allylic oxidation sites excluding steroid dienone is 4. The molecule has 2 aliphatic heterocycles. The molecule has 2 aromatic rings. The van der Waals surface area contributed by atoms with E-state index in [9.17, 15) is 27.9 Å². The van der Waals surface area contributed by atoms with Crippen LogP contribution in [0.2, 0.25) is 0 Å². The molecule has 3 aliphatic rings. The molecule has 3 atom stereocenters. The number of hydrogen-bond acceptors (Lipinski definition) is 6. The van der Waals surface area contributed by atoms with Gasteiger partial charge in [0, 0.05) is 29.7 Å². The molecule has 8 nitrogen and oxygen atoms in total. The van der Waals surface area contributed by atoms with Gasteiger partial charge in [0.05, 0.1) is 18.2 Å². The molecule has 0 unspecified atom stereocenters. The predicted molar refractivity (Wildman–Crippen MR) is 130 cm³/mol. The maximum atomic E-state index is 13.3. The molecule has 2 fully saturated rings. The van der Waals surface area contributed by atoms with Crippen molar-refractivity contribution in [3.63, 3.8) is 0 Å². The lowest BCUT2D eigenvalue weighted by Gasteiger charge is -2.18. The van der Waals surface area contributed by atoms with E-state index in [2.05, 4.69) is 22.2 Å². The number of nitrogens with one attached hydrogen (secondary N) is 2. The van der Waals surface area contributed by atoms with Crippen LogP contribution in [0.1, 0.15) is 40.4 Å². The summed E-state index contributed by atoms with van der Waals surface area (Å²) in [5.74, 6) is 1.25. The highest BCUT2D eigenvalue weighted by molar-refractivity contribution is 5.95. The number of anilines is 1. The van der Waals surface area contributed by atoms with E-state index in [1.54, 1.807) is 31.3 Å². The minimum Gasteiger partial charge on any atom is -0.487 e. The van der Waals surface area contributed by atoms with Crippen LogP contribution in [0.3, 0.4) is 0 Å². The number of carbonyl (C=O) groups is 2. The van der Waals surface area contributed by atoms with Gasteiger partial charge < -0.3 is 25.2 Å². The molecule has 5 rings (SSSR count). The van der Waals surface area contributed by atoms with Crippen molar-refractivity contribution >= 4 is 17.6 Å². The third kappa shape index (κ3) is 4.89. The van der Waals surface area contributed by atoms with Crippen molar-refractivity contribution in [2.45, 2.75) is 44.7 Å². The summed E-state index contributed by atoms with van der Waals surface area (Å²) in [5.41, 5.74) is -0.0145. The van der Waals surface area contributed by atoms with E-state index in [-0.39, 0.29) is 29.1 Å². The van der Waals surface area contributed by atoms with E-state index in [1.807, 2.05) is 0 Å². The summed E-state index contributed by atoms with van der Waals surface area (Å²) in [7, 11) is 0. The second kappa shape index (κ2) is 9.64. The number of carbonyl (C=O) groups excluding carboxylic acids is 2. The first-order chi connectivity index (χ1) is 18.1. The first-order valence-electron chi connectivity index (χ1n) is 11.9. The highest BCUT2D eigenvalue weighted by Crippen LogP contribution is 2.51. The molecular formula is C27H24F3N3O5. The van der Waals surface area contributed by atoms with Gasteiger partial charge in [-0.05, 0) is 54.8 Å². The summed E-state index contributed by atoms with van der Waals surface area (Å²) >= 11 is 0. The number of ether oxygens (including phenoxy) is 2. The number of hydrogen-bond donors (Lipinski definition) is 3. The van der Waals surface area contributed by atoms with Gasteiger partial charge in [0.15, 0.2) is 0 Å². The molecule has 11 heteroatoms. The summed E-state index contributed by atoms with van der Waals surface area (Å²) < 4.78 is 51.6. The van der Waals surface area contributed by atoms with Crippen LogP contribution in [0.25, 0.3) is 0 Å². The average molecular weight is 527 g/mol. The molecule has 0 radical (unpaired) electrons. The average Bonchev–Trinajstić information content (AvgIpc) is 3.44. The van der Waals surface area contributed by atoms with Gasteiger partial charge in [-0.25, -0.2) is 4.98 Å². The van der Waals surface area contributed by atoms with Crippen LogP contribution in [0.4, 0.5) is 19.0 Å². The summed E-state index contributed by atoms with van der Waals surface area (Å²) in [6.45, 7) is 5.03. The molecule has 38 heavy (non-hydrogen) atoms. The van der Waals surface area contributed by atoms with Crippen LogP contribution in [-0.2, 0) is 28.7 Å². The first kappa shape index (κ1) is 25.5. The van der Waals surface area contributed by atoms with Gasteiger partial charge in [-0.2, -0.15) is 13.2 Å². The quantitative estimate of drug-likeness (QED) is 0.490. The SMILES string of the molecule is C=C1/C(=C\C=C(/C)Oc2ccnc3c2CCC(=O)N3)O[C@@H]2[C@@H](NC(=O)c3ccc(CO)c(C(F)(F)F)c3)[C@H]12. The van der Waals surface area contributed by atoms with Crippen LogP contribution in [0.5, 0.6) is 5.75 Å². The number of aliphatic hydroxyl groups is 1. The van der Waals surface area contributed by atoms with Crippen molar-refractivity contribution in [2.24, 2.45) is 5.92 Å². The van der Waals surface area contributed by atoms with Crippen LogP contribution in [0, 0.1) is 5.92 Å². The van der Waals surface area contributed by atoms with Crippen LogP contribution >= 0.6 is 0 Å². The lowest BCUT2D eigenvalue weighted by molar-refractivity contribution is -0.138. The Labute approximate surface area is 215 Å². The van der Waals surface area contributed by atoms with Gasteiger partial charge >= 0.3 is 6.18 Å². The fourth-order valence-corrected chi connectivity index (χ4v) is 4.66. The Kier molecular flexibility index (Phi) is 6.47. The number of amides is 2. The molecule has 1 aromatic heterocycles. The number of benzene rings is 1. The van der Waals surface area contributed by atoms with E-state index < -0.39 is 30.3 Å². The minimum atomic E-state index is -4.69. The van der Waals surface area contributed by atoms with Crippen molar-refractivity contribution in [2.75, 3.05) is 5.32 Å². The van der Waals surface area contributed by atoms with Crippen LogP contribution in [0.15, 0.2) is 66.3 Å². The lowest BCUT2D eigenvalue weighted by Crippen LogP contribution is -2.30. The molecule has 0 bridgehead atoms. The van der Waals surface area contributed by atoms with Gasteiger partial charge in [0.1, 0.15) is 29.2 Å². The maximum absolute atomic E-state index is 13.3. The summed E-state index contributed by atoms with van der Waals surface area (Å²) in [6, 6.07) is 4.40. The van der Waals surface area contributed by atoms with E-state index in [0.29, 0.717) is 41.5 Å². The third-order valence-corrected chi connectivity index (χ3v) is 6.69. The zero-order chi connectivity index (χ0) is 27.2. The van der Waals surface area contributed by atoms with Crippen molar-refractivity contribution in [3.8, 4) is 5.75 Å². The smallest absolute Gasteiger partial charge is 0.416 e. The van der Waals surface area contributed by atoms with Crippen LogP contribution < -0.4 is 15.4 Å². The highest BCUT2D eigenvalue weighted by Gasteiger charge is 2.60. The highest BCUT2D eigenvalue weighted by atomic mass is 19.4. The van der Waals surface area contributed by atoms with Gasteiger partial charge in [-0.1, -0.05) is 12.6 Å². The number of aliphatic hydroxyl groups excluding tert-OH is 1. The zero-order valence-electron chi connectivity index (χ0n) is 20.3. The molecule has 3 heterocycles. The van der Waals surface area contributed by atoms with Gasteiger partial charge in [-0.15, -0.1) is 0 Å². The summed E-state index contributed by atoms with van der Waals surface area (Å²) in [5, 5.41) is 14.6. The van der Waals surface area contributed by atoms with Gasteiger partial charge in [0.2, 0.25) is 5.91 Å². The predicted octanol–water partition coefficient (Wildman–Crippen LogP) is 4.03. The molecule has 1 saturated heterocycles. The molecule has 1 aliphatic carbocycles. The lowest BCUT2D eigenvalue weighted by atomic mass is 10.0. The summed E-state index contributed by atoms with van der Waals surface area (Å²) in [4.78, 5) is 28.4. The molecular weight excluding hydrogens is 503 g/mol. The van der Waals surface area contributed by atoms with E-state index >= 15 is 0 Å². The molecule has 1 aromatic carbocycles. The number of nitrogens with zero attached hydrogens (tertiary/aromatic N) is 1. The number of alkyl halides is 3. The van der Waals surface area contributed by atoms with Crippen molar-refractivity contribution < 1.29 is 37.3 Å². The number of fused-ring (bicyclic) bond motifs is 2. The van der Waals surface area contributed by atoms with E-state index in [4.69, 9.17) is 9.47 Å². The Balaban J connectivity index is 1.21. The Hall–Kier alpha value is -4.12. The molecule has 198 valence electrons. The minimum absolute atomic E-state index is 0.0882. The number of pyridine rings is 1. The number of halogens is 3. The second-order valence-electron chi connectivity index (χ2n) is 9.26. The van der Waals surface area contributed by atoms with E-state index in [1.165, 1.54) is 6.07 Å². The monoisotopic (exact) mass is 527 g/mol. The number of rotatable bonds is 6. The molecule has 2 amide bonds. The topological polar surface area (TPSA) is 110 Å². The summed E-state index contributed by atoms with van der Waals surface area (Å²) in [6.07, 6.45) is 0.813.